The molecule has 3 amide bonds. The summed E-state index contributed by atoms with van der Waals surface area (Å²) in [6, 6.07) is 17.8. The number of nitrogens with one attached hydrogen (secondary N) is 4. The zero-order chi connectivity index (χ0) is 29.3. The van der Waals surface area contributed by atoms with Crippen molar-refractivity contribution in [1.29, 1.82) is 0 Å². The molecule has 3 rings (SSSR count). The fraction of sp³-hybridized carbons (Fsp3) is 0.310. The quantitative estimate of drug-likeness (QED) is 0.263. The molecule has 2 aromatic carbocycles. The number of aryl methyl sites for hydroxylation is 1. The first-order chi connectivity index (χ1) is 18.8. The van der Waals surface area contributed by atoms with Crippen molar-refractivity contribution in [1.82, 2.24) is 25.7 Å². The van der Waals surface area contributed by atoms with Crippen LogP contribution in [0.2, 0.25) is 0 Å². The molecule has 0 aliphatic rings. The van der Waals surface area contributed by atoms with Crippen LogP contribution in [0.15, 0.2) is 77.8 Å². The van der Waals surface area contributed by atoms with Crippen LogP contribution in [0.4, 0.5) is 0 Å². The number of hydrogen-bond donors (Lipinski definition) is 4. The molecule has 0 unspecified atom stereocenters. The van der Waals surface area contributed by atoms with Gasteiger partial charge in [-0.3, -0.25) is 19.4 Å². The highest BCUT2D eigenvalue weighted by Gasteiger charge is 2.29. The molecule has 3 aromatic rings. The molecule has 0 bridgehead atoms. The minimum Gasteiger partial charge on any atom is -0.353 e. The Kier molecular flexibility index (Phi) is 10.1. The maximum absolute atomic E-state index is 13.0. The number of rotatable bonds is 11. The Morgan fingerprint density at radius 1 is 0.875 bits per heavy atom. The number of carbonyl (C=O) groups is 3. The van der Waals surface area contributed by atoms with Gasteiger partial charge in [0.1, 0.15) is 11.7 Å². The van der Waals surface area contributed by atoms with Crippen molar-refractivity contribution in [2.24, 2.45) is 0 Å². The van der Waals surface area contributed by atoms with E-state index >= 15 is 0 Å². The minimum absolute atomic E-state index is 0.00655. The van der Waals surface area contributed by atoms with Crippen molar-refractivity contribution < 1.29 is 22.8 Å². The normalized spacial score (nSPS) is 12.3. The molecule has 11 heteroatoms. The van der Waals surface area contributed by atoms with E-state index < -0.39 is 45.7 Å². The molecule has 0 saturated carbocycles. The number of amides is 3. The van der Waals surface area contributed by atoms with Crippen molar-refractivity contribution in [2.75, 3.05) is 13.1 Å². The van der Waals surface area contributed by atoms with Crippen LogP contribution in [0.5, 0.6) is 0 Å². The van der Waals surface area contributed by atoms with E-state index in [0.717, 1.165) is 16.7 Å². The minimum atomic E-state index is -4.09. The monoisotopic (exact) mass is 565 g/mol. The predicted octanol–water partition coefficient (Wildman–Crippen LogP) is 2.55. The van der Waals surface area contributed by atoms with Crippen molar-refractivity contribution in [2.45, 2.75) is 50.6 Å². The lowest BCUT2D eigenvalue weighted by molar-refractivity contribution is -0.128. The van der Waals surface area contributed by atoms with E-state index in [-0.39, 0.29) is 23.7 Å². The highest BCUT2D eigenvalue weighted by molar-refractivity contribution is 7.89. The van der Waals surface area contributed by atoms with Crippen molar-refractivity contribution >= 4 is 27.7 Å². The highest BCUT2D eigenvalue weighted by Crippen LogP contribution is 2.18. The van der Waals surface area contributed by atoms with Gasteiger partial charge in [-0.2, -0.15) is 4.72 Å². The van der Waals surface area contributed by atoms with Crippen LogP contribution >= 0.6 is 0 Å². The average molecular weight is 566 g/mol. The number of aromatic nitrogens is 1. The van der Waals surface area contributed by atoms with Crippen LogP contribution in [0.1, 0.15) is 43.2 Å². The third-order valence-corrected chi connectivity index (χ3v) is 7.15. The van der Waals surface area contributed by atoms with Gasteiger partial charge in [-0.1, -0.05) is 48.0 Å². The van der Waals surface area contributed by atoms with Gasteiger partial charge in [0.25, 0.3) is 5.91 Å². The predicted molar refractivity (Wildman–Crippen MR) is 153 cm³/mol. The Morgan fingerprint density at radius 3 is 2.17 bits per heavy atom. The lowest BCUT2D eigenvalue weighted by Crippen LogP contribution is -2.51. The first-order valence-corrected chi connectivity index (χ1v) is 14.3. The second-order valence-corrected chi connectivity index (χ2v) is 12.0. The van der Waals surface area contributed by atoms with Gasteiger partial charge in [-0.15, -0.1) is 0 Å². The molecule has 0 fully saturated rings. The lowest BCUT2D eigenvalue weighted by atomic mass is 10.1. The summed E-state index contributed by atoms with van der Waals surface area (Å²) >= 11 is 0. The molecule has 10 nitrogen and oxygen atoms in total. The van der Waals surface area contributed by atoms with Gasteiger partial charge < -0.3 is 16.0 Å². The Hall–Kier alpha value is -4.09. The van der Waals surface area contributed by atoms with Gasteiger partial charge in [0.05, 0.1) is 11.3 Å². The summed E-state index contributed by atoms with van der Waals surface area (Å²) in [7, 11) is -4.09. The summed E-state index contributed by atoms with van der Waals surface area (Å²) in [5.41, 5.74) is 2.31. The molecule has 0 saturated heterocycles. The number of pyridine rings is 1. The maximum Gasteiger partial charge on any atom is 0.269 e. The fourth-order valence-electron chi connectivity index (χ4n) is 3.76. The van der Waals surface area contributed by atoms with E-state index in [4.69, 9.17) is 0 Å². The Labute approximate surface area is 235 Å². The zero-order valence-corrected chi connectivity index (χ0v) is 23.8. The highest BCUT2D eigenvalue weighted by atomic mass is 32.2. The van der Waals surface area contributed by atoms with Crippen LogP contribution in [-0.4, -0.2) is 55.8 Å². The van der Waals surface area contributed by atoms with Crippen molar-refractivity contribution in [3.05, 3.63) is 84.2 Å². The summed E-state index contributed by atoms with van der Waals surface area (Å²) in [6.07, 6.45) is 1.14. The van der Waals surface area contributed by atoms with Gasteiger partial charge in [0.2, 0.25) is 21.8 Å². The Morgan fingerprint density at radius 2 is 1.52 bits per heavy atom. The van der Waals surface area contributed by atoms with Crippen molar-refractivity contribution in [3.63, 3.8) is 0 Å². The molecule has 0 aliphatic heterocycles. The van der Waals surface area contributed by atoms with Crippen LogP contribution < -0.4 is 20.7 Å². The van der Waals surface area contributed by atoms with E-state index in [9.17, 15) is 22.8 Å². The average Bonchev–Trinajstić information content (AvgIpc) is 2.90. The molecule has 4 N–H and O–H groups in total. The van der Waals surface area contributed by atoms with Crippen LogP contribution in [-0.2, 0) is 19.6 Å². The molecule has 0 radical (unpaired) electrons. The zero-order valence-electron chi connectivity index (χ0n) is 23.0. The van der Waals surface area contributed by atoms with E-state index in [0.29, 0.717) is 0 Å². The van der Waals surface area contributed by atoms with Crippen LogP contribution in [0, 0.1) is 6.92 Å². The number of sulfonamides is 1. The number of benzene rings is 2. The first kappa shape index (κ1) is 30.5. The smallest absolute Gasteiger partial charge is 0.269 e. The summed E-state index contributed by atoms with van der Waals surface area (Å²) in [6.45, 7) is 7.24. The van der Waals surface area contributed by atoms with Gasteiger partial charge in [0, 0.05) is 24.8 Å². The molecule has 40 heavy (non-hydrogen) atoms. The number of nitrogens with zero attached hydrogens (tertiary/aromatic N) is 1. The van der Waals surface area contributed by atoms with E-state index in [2.05, 4.69) is 25.7 Å². The fourth-order valence-corrected chi connectivity index (χ4v) is 4.95. The second-order valence-electron chi connectivity index (χ2n) is 10.3. The van der Waals surface area contributed by atoms with E-state index in [1.807, 2.05) is 37.3 Å². The third kappa shape index (κ3) is 9.28. The SMILES string of the molecule is Cc1ccc(S(=O)(=O)N[C@@H](CC(=O)NC(C)(C)C)C(=O)NCCNC(=O)c2cc(-c3ccccc3)ccn2)cc1. The second kappa shape index (κ2) is 13.3. The van der Waals surface area contributed by atoms with Crippen molar-refractivity contribution in [3.8, 4) is 11.1 Å². The van der Waals surface area contributed by atoms with Gasteiger partial charge in [-0.25, -0.2) is 8.42 Å². The molecule has 1 heterocycles. The van der Waals surface area contributed by atoms with E-state index in [1.165, 1.54) is 12.1 Å². The topological polar surface area (TPSA) is 146 Å². The largest absolute Gasteiger partial charge is 0.353 e. The summed E-state index contributed by atoms with van der Waals surface area (Å²) in [5, 5.41) is 8.02. The van der Waals surface area contributed by atoms with E-state index in [1.54, 1.807) is 51.2 Å². The molecule has 1 aromatic heterocycles. The van der Waals surface area contributed by atoms with Crippen LogP contribution in [0.3, 0.4) is 0 Å². The summed E-state index contributed by atoms with van der Waals surface area (Å²) < 4.78 is 28.2. The van der Waals surface area contributed by atoms with Gasteiger partial charge >= 0.3 is 0 Å². The summed E-state index contributed by atoms with van der Waals surface area (Å²) in [4.78, 5) is 42.3. The maximum atomic E-state index is 13.0. The molecular weight excluding hydrogens is 530 g/mol. The van der Waals surface area contributed by atoms with Crippen LogP contribution in [0.25, 0.3) is 11.1 Å². The summed E-state index contributed by atoms with van der Waals surface area (Å²) in [5.74, 6) is -1.61. The number of hydrogen-bond acceptors (Lipinski definition) is 6. The molecule has 212 valence electrons. The lowest BCUT2D eigenvalue weighted by Gasteiger charge is -2.23. The standard InChI is InChI=1S/C29H35N5O5S/c1-20-10-12-23(13-11-20)40(38,39)34-25(19-26(35)33-29(2,3)4)28(37)32-17-16-31-27(36)24-18-22(14-15-30-24)21-8-6-5-7-9-21/h5-15,18,25,34H,16-17,19H2,1-4H3,(H,31,36)(H,32,37)(H,33,35)/t25-/m0/s1. The molecule has 0 aliphatic carbocycles. The first-order valence-electron chi connectivity index (χ1n) is 12.8. The molecule has 0 spiro atoms. The Bertz CT molecular complexity index is 1440. The molecular formula is C29H35N5O5S. The Balaban J connectivity index is 1.62. The van der Waals surface area contributed by atoms with Gasteiger partial charge in [0.15, 0.2) is 0 Å². The van der Waals surface area contributed by atoms with Gasteiger partial charge in [-0.05, 0) is 63.1 Å². The molecule has 1 atom stereocenters. The third-order valence-electron chi connectivity index (χ3n) is 5.66. The number of carbonyl (C=O) groups excluding carboxylic acids is 3.